The molecule has 1 heterocycles. The molecule has 0 saturated heterocycles. The maximum absolute atomic E-state index is 13.2. The Morgan fingerprint density at radius 2 is 1.43 bits per heavy atom. The zero-order valence-electron chi connectivity index (χ0n) is 21.9. The number of hydrogen-bond donors (Lipinski definition) is 0. The van der Waals surface area contributed by atoms with Crippen LogP contribution >= 0.6 is 0 Å². The number of nitrogens with zero attached hydrogens (tertiary/aromatic N) is 2. The second kappa shape index (κ2) is 16.9. The summed E-state index contributed by atoms with van der Waals surface area (Å²) in [5, 5.41) is 0. The van der Waals surface area contributed by atoms with Crippen molar-refractivity contribution in [2.45, 2.75) is 90.3 Å². The first-order valence-electron chi connectivity index (χ1n) is 13.3. The monoisotopic (exact) mass is 524 g/mol. The van der Waals surface area contributed by atoms with Crippen LogP contribution in [-0.4, -0.2) is 48.0 Å². The quantitative estimate of drug-likeness (QED) is 0.148. The van der Waals surface area contributed by atoms with Crippen molar-refractivity contribution in [2.75, 3.05) is 19.8 Å². The molecule has 206 valence electrons. The average Bonchev–Trinajstić information content (AvgIpc) is 2.89. The number of rotatable bonds is 18. The molecular formula is C28H39F3N2O4. The summed E-state index contributed by atoms with van der Waals surface area (Å²) in [5.74, 6) is -0.0784. The van der Waals surface area contributed by atoms with Crippen LogP contribution in [-0.2, 0) is 9.47 Å². The van der Waals surface area contributed by atoms with Gasteiger partial charge in [-0.2, -0.15) is 13.2 Å². The van der Waals surface area contributed by atoms with E-state index < -0.39 is 24.9 Å². The SMILES string of the molecule is CCCCCCCCCCOc1ccc(-c2ncc(C(=O)OC(COCCCC)C(F)(F)F)cn2)cc1. The van der Waals surface area contributed by atoms with Crippen molar-refractivity contribution in [1.82, 2.24) is 9.97 Å². The van der Waals surface area contributed by atoms with Gasteiger partial charge >= 0.3 is 12.1 Å². The second-order valence-corrected chi connectivity index (χ2v) is 9.01. The van der Waals surface area contributed by atoms with Gasteiger partial charge in [-0.25, -0.2) is 14.8 Å². The summed E-state index contributed by atoms with van der Waals surface area (Å²) in [7, 11) is 0. The minimum absolute atomic E-state index is 0.168. The van der Waals surface area contributed by atoms with Gasteiger partial charge < -0.3 is 14.2 Å². The van der Waals surface area contributed by atoms with E-state index in [0.29, 0.717) is 24.4 Å². The van der Waals surface area contributed by atoms with Gasteiger partial charge in [-0.05, 0) is 37.1 Å². The summed E-state index contributed by atoms with van der Waals surface area (Å²) < 4.78 is 55.1. The zero-order chi connectivity index (χ0) is 26.9. The highest BCUT2D eigenvalue weighted by Crippen LogP contribution is 2.25. The molecule has 0 N–H and O–H groups in total. The minimum atomic E-state index is -4.74. The molecular weight excluding hydrogens is 485 g/mol. The minimum Gasteiger partial charge on any atom is -0.494 e. The molecule has 0 fully saturated rings. The van der Waals surface area contributed by atoms with Crippen molar-refractivity contribution in [3.63, 3.8) is 0 Å². The molecule has 0 aliphatic carbocycles. The summed E-state index contributed by atoms with van der Waals surface area (Å²) in [4.78, 5) is 20.5. The smallest absolute Gasteiger partial charge is 0.427 e. The van der Waals surface area contributed by atoms with Gasteiger partial charge in [0.05, 0.1) is 18.8 Å². The van der Waals surface area contributed by atoms with Crippen molar-refractivity contribution in [2.24, 2.45) is 0 Å². The number of hydrogen-bond acceptors (Lipinski definition) is 6. The molecule has 1 atom stereocenters. The van der Waals surface area contributed by atoms with Crippen molar-refractivity contribution in [3.8, 4) is 17.1 Å². The molecule has 0 radical (unpaired) electrons. The van der Waals surface area contributed by atoms with E-state index >= 15 is 0 Å². The van der Waals surface area contributed by atoms with E-state index in [4.69, 9.17) is 9.47 Å². The van der Waals surface area contributed by atoms with E-state index in [0.717, 1.165) is 37.4 Å². The van der Waals surface area contributed by atoms with Crippen molar-refractivity contribution >= 4 is 5.97 Å². The molecule has 0 amide bonds. The van der Waals surface area contributed by atoms with Gasteiger partial charge in [0.15, 0.2) is 5.82 Å². The van der Waals surface area contributed by atoms with Crippen molar-refractivity contribution in [3.05, 3.63) is 42.2 Å². The Morgan fingerprint density at radius 3 is 2.03 bits per heavy atom. The Balaban J connectivity index is 1.80. The highest BCUT2D eigenvalue weighted by Gasteiger charge is 2.43. The summed E-state index contributed by atoms with van der Waals surface area (Å²) in [6, 6.07) is 7.23. The molecule has 0 aliphatic rings. The first-order chi connectivity index (χ1) is 17.8. The van der Waals surface area contributed by atoms with E-state index in [9.17, 15) is 18.0 Å². The fourth-order valence-corrected chi connectivity index (χ4v) is 3.54. The molecule has 9 heteroatoms. The number of esters is 1. The molecule has 0 bridgehead atoms. The number of aromatic nitrogens is 2. The summed E-state index contributed by atoms with van der Waals surface area (Å²) >= 11 is 0. The number of benzene rings is 1. The van der Waals surface area contributed by atoms with Gasteiger partial charge in [0, 0.05) is 24.6 Å². The van der Waals surface area contributed by atoms with Gasteiger partial charge in [0.25, 0.3) is 0 Å². The molecule has 0 aliphatic heterocycles. The molecule has 1 aromatic carbocycles. The molecule has 37 heavy (non-hydrogen) atoms. The number of alkyl halides is 3. The molecule has 0 saturated carbocycles. The van der Waals surface area contributed by atoms with Crippen LogP contribution in [0.15, 0.2) is 36.7 Å². The number of ether oxygens (including phenoxy) is 3. The molecule has 2 rings (SSSR count). The molecule has 1 aromatic heterocycles. The number of halogens is 3. The van der Waals surface area contributed by atoms with Gasteiger partial charge in [-0.1, -0.05) is 65.2 Å². The third-order valence-electron chi connectivity index (χ3n) is 5.79. The van der Waals surface area contributed by atoms with Crippen LogP contribution in [0.4, 0.5) is 13.2 Å². The summed E-state index contributed by atoms with van der Waals surface area (Å²) in [6.45, 7) is 4.19. The predicted molar refractivity (Wildman–Crippen MR) is 137 cm³/mol. The average molecular weight is 525 g/mol. The Labute approximate surface area is 217 Å². The van der Waals surface area contributed by atoms with E-state index in [2.05, 4.69) is 21.6 Å². The van der Waals surface area contributed by atoms with E-state index in [-0.39, 0.29) is 12.2 Å². The highest BCUT2D eigenvalue weighted by molar-refractivity contribution is 5.89. The fraction of sp³-hybridized carbons (Fsp3) is 0.607. The van der Waals surface area contributed by atoms with Gasteiger partial charge in [-0.3, -0.25) is 0 Å². The maximum Gasteiger partial charge on any atom is 0.427 e. The maximum atomic E-state index is 13.2. The largest absolute Gasteiger partial charge is 0.494 e. The van der Waals surface area contributed by atoms with Crippen LogP contribution < -0.4 is 4.74 Å². The molecule has 0 spiro atoms. The summed E-state index contributed by atoms with van der Waals surface area (Å²) in [6.07, 6.45) is 6.53. The van der Waals surface area contributed by atoms with E-state index in [1.165, 1.54) is 38.5 Å². The Hall–Kier alpha value is -2.68. The van der Waals surface area contributed by atoms with Crippen LogP contribution in [0.5, 0.6) is 5.75 Å². The lowest BCUT2D eigenvalue weighted by Gasteiger charge is -2.20. The van der Waals surface area contributed by atoms with Gasteiger partial charge in [0.1, 0.15) is 5.75 Å². The first-order valence-corrected chi connectivity index (χ1v) is 13.3. The van der Waals surface area contributed by atoms with Crippen molar-refractivity contribution in [1.29, 1.82) is 0 Å². The van der Waals surface area contributed by atoms with Crippen LogP contribution in [0.25, 0.3) is 11.4 Å². The van der Waals surface area contributed by atoms with Crippen LogP contribution in [0.3, 0.4) is 0 Å². The zero-order valence-corrected chi connectivity index (χ0v) is 21.9. The normalized spacial score (nSPS) is 12.4. The predicted octanol–water partition coefficient (Wildman–Crippen LogP) is 7.57. The Bertz CT molecular complexity index is 890. The standard InChI is InChI=1S/C28H39F3N2O4/c1-3-5-7-8-9-10-11-12-18-36-24-15-13-22(14-16-24)26-32-19-23(20-33-26)27(34)37-25(28(29,30)31)21-35-17-6-4-2/h13-16,19-20,25H,3-12,17-18,21H2,1-2H3. The Morgan fingerprint density at radius 1 is 0.838 bits per heavy atom. The third kappa shape index (κ3) is 11.9. The molecule has 2 aromatic rings. The highest BCUT2D eigenvalue weighted by atomic mass is 19.4. The van der Waals surface area contributed by atoms with Crippen LogP contribution in [0.1, 0.15) is 88.4 Å². The molecule has 1 unspecified atom stereocenters. The summed E-state index contributed by atoms with van der Waals surface area (Å²) in [5.41, 5.74) is 0.522. The lowest BCUT2D eigenvalue weighted by atomic mass is 10.1. The van der Waals surface area contributed by atoms with E-state index in [1.54, 1.807) is 12.1 Å². The van der Waals surface area contributed by atoms with Gasteiger partial charge in [-0.15, -0.1) is 0 Å². The number of carbonyl (C=O) groups is 1. The number of carbonyl (C=O) groups excluding carboxylic acids is 1. The van der Waals surface area contributed by atoms with Crippen molar-refractivity contribution < 1.29 is 32.2 Å². The third-order valence-corrected chi connectivity index (χ3v) is 5.79. The second-order valence-electron chi connectivity index (χ2n) is 9.01. The Kier molecular flexibility index (Phi) is 14.0. The lowest BCUT2D eigenvalue weighted by Crippen LogP contribution is -2.38. The number of unbranched alkanes of at least 4 members (excludes halogenated alkanes) is 8. The van der Waals surface area contributed by atoms with Crippen LogP contribution in [0, 0.1) is 0 Å². The topological polar surface area (TPSA) is 70.5 Å². The molecule has 6 nitrogen and oxygen atoms in total. The lowest BCUT2D eigenvalue weighted by molar-refractivity contribution is -0.217. The fourth-order valence-electron chi connectivity index (χ4n) is 3.54. The van der Waals surface area contributed by atoms with E-state index in [1.807, 2.05) is 19.1 Å². The first kappa shape index (κ1) is 30.5. The van der Waals surface area contributed by atoms with Crippen LogP contribution in [0.2, 0.25) is 0 Å². The van der Waals surface area contributed by atoms with Gasteiger partial charge in [0.2, 0.25) is 6.10 Å².